The van der Waals surface area contributed by atoms with Gasteiger partial charge in [0, 0.05) is 11.2 Å². The number of anilines is 1. The molecule has 2 amide bonds. The highest BCUT2D eigenvalue weighted by molar-refractivity contribution is 6.01. The minimum Gasteiger partial charge on any atom is -0.493 e. The number of methoxy groups -OCH3 is 1. The van der Waals surface area contributed by atoms with Crippen molar-refractivity contribution in [3.05, 3.63) is 77.6 Å². The minimum atomic E-state index is -1.17. The fraction of sp³-hybridized carbons (Fsp3) is 0.333. The molecule has 0 fully saturated rings. The van der Waals surface area contributed by atoms with Gasteiger partial charge in [0.1, 0.15) is 23.9 Å². The number of carbonyl (C=O) groups excluding carboxylic acids is 2. The molecule has 210 valence electrons. The van der Waals surface area contributed by atoms with Gasteiger partial charge in [0.25, 0.3) is 0 Å². The number of aryl methyl sites for hydroxylation is 1. The van der Waals surface area contributed by atoms with Crippen molar-refractivity contribution in [3.8, 4) is 11.5 Å². The summed E-state index contributed by atoms with van der Waals surface area (Å²) in [6.07, 6.45) is 0. The lowest BCUT2D eigenvalue weighted by Gasteiger charge is -2.34. The van der Waals surface area contributed by atoms with Gasteiger partial charge in [0.05, 0.1) is 19.2 Å². The van der Waals surface area contributed by atoms with Gasteiger partial charge in [-0.2, -0.15) is 0 Å². The Bertz CT molecular complexity index is 1530. The first-order chi connectivity index (χ1) is 19.0. The average molecular weight is 548 g/mol. The number of rotatable bonds is 9. The Labute approximate surface area is 232 Å². The summed E-state index contributed by atoms with van der Waals surface area (Å²) in [6.45, 7) is 9.22. The first-order valence-electron chi connectivity index (χ1n) is 13.0. The zero-order chi connectivity index (χ0) is 29.0. The van der Waals surface area contributed by atoms with E-state index in [4.69, 9.17) is 9.47 Å². The maximum Gasteiger partial charge on any atom is 0.249 e. The molecule has 4 aromatic rings. The summed E-state index contributed by atoms with van der Waals surface area (Å²) < 4.78 is 27.5. The van der Waals surface area contributed by atoms with Crippen molar-refractivity contribution >= 4 is 28.5 Å². The molecule has 4 rings (SSSR count). The number of amides is 2. The molecule has 1 N–H and O–H groups in total. The van der Waals surface area contributed by atoms with Gasteiger partial charge in [-0.05, 0) is 82.1 Å². The molecule has 40 heavy (non-hydrogen) atoms. The predicted octanol–water partition coefficient (Wildman–Crippen LogP) is 4.98. The molecule has 1 heterocycles. The van der Waals surface area contributed by atoms with Gasteiger partial charge in [-0.1, -0.05) is 29.5 Å². The first-order valence-corrected chi connectivity index (χ1v) is 13.0. The molecule has 9 nitrogen and oxygen atoms in total. The van der Waals surface area contributed by atoms with Crippen molar-refractivity contribution < 1.29 is 23.5 Å². The van der Waals surface area contributed by atoms with Gasteiger partial charge in [0.2, 0.25) is 11.8 Å². The molecule has 0 unspecified atom stereocenters. The Hall–Kier alpha value is -4.47. The molecule has 1 aromatic heterocycles. The summed E-state index contributed by atoms with van der Waals surface area (Å²) in [7, 11) is 1.50. The average Bonchev–Trinajstić information content (AvgIpc) is 3.31. The largest absolute Gasteiger partial charge is 0.493 e. The summed E-state index contributed by atoms with van der Waals surface area (Å²) >= 11 is 0. The zero-order valence-corrected chi connectivity index (χ0v) is 23.6. The molecule has 0 aliphatic rings. The van der Waals surface area contributed by atoms with E-state index in [0.29, 0.717) is 40.3 Å². The van der Waals surface area contributed by atoms with Gasteiger partial charge in [0.15, 0.2) is 11.5 Å². The van der Waals surface area contributed by atoms with Crippen molar-refractivity contribution in [2.45, 2.75) is 52.7 Å². The van der Waals surface area contributed by atoms with E-state index in [2.05, 4.69) is 15.6 Å². The van der Waals surface area contributed by atoms with E-state index in [-0.39, 0.29) is 12.2 Å². The van der Waals surface area contributed by atoms with E-state index in [1.54, 1.807) is 49.4 Å². The Morgan fingerprint density at radius 2 is 1.82 bits per heavy atom. The number of ether oxygens (including phenoxy) is 2. The number of aromatic nitrogens is 3. The molecule has 0 aliphatic heterocycles. The number of hydrogen-bond acceptors (Lipinski definition) is 6. The second-order valence-corrected chi connectivity index (χ2v) is 10.4. The quantitative estimate of drug-likeness (QED) is 0.318. The molecular formula is C30H34FN5O4. The van der Waals surface area contributed by atoms with Crippen LogP contribution in [0.3, 0.4) is 0 Å². The van der Waals surface area contributed by atoms with Crippen LogP contribution in [0.4, 0.5) is 10.1 Å². The number of nitrogens with one attached hydrogen (secondary N) is 1. The minimum absolute atomic E-state index is 0.222. The number of halogens is 1. The van der Waals surface area contributed by atoms with Crippen molar-refractivity contribution in [3.63, 3.8) is 0 Å². The van der Waals surface area contributed by atoms with Crippen LogP contribution >= 0.6 is 0 Å². The summed E-state index contributed by atoms with van der Waals surface area (Å²) in [6, 6.07) is 15.6. The van der Waals surface area contributed by atoms with Gasteiger partial charge in [-0.25, -0.2) is 9.07 Å². The molecular weight excluding hydrogens is 513 g/mol. The van der Waals surface area contributed by atoms with Gasteiger partial charge >= 0.3 is 0 Å². The number of carbonyl (C=O) groups is 2. The third-order valence-corrected chi connectivity index (χ3v) is 6.22. The van der Waals surface area contributed by atoms with Crippen LogP contribution in [0.2, 0.25) is 0 Å². The lowest BCUT2D eigenvalue weighted by Crippen LogP contribution is -2.50. The standard InChI is InChI=1S/C30H34FN5O4/c1-7-40-25-15-13-20(16-26(25)39-6)28(29(38)32-30(3,4)5)36(21-14-12-19(2)22(31)17-21)27(37)18-35-24-11-9-8-10-23(24)33-34-35/h8-17,28H,7,18H2,1-6H3,(H,32,38)/t28-/m1/s1. The van der Waals surface area contributed by atoms with Crippen LogP contribution in [-0.4, -0.2) is 46.1 Å². The van der Waals surface area contributed by atoms with Crippen LogP contribution in [0.25, 0.3) is 11.0 Å². The SMILES string of the molecule is CCOc1ccc([C@H](C(=O)NC(C)(C)C)N(C(=O)Cn2nnc3ccccc32)c2ccc(C)c(F)c2)cc1OC. The zero-order valence-electron chi connectivity index (χ0n) is 23.6. The van der Waals surface area contributed by atoms with Crippen molar-refractivity contribution in [1.82, 2.24) is 20.3 Å². The van der Waals surface area contributed by atoms with Crippen LogP contribution < -0.4 is 19.7 Å². The maximum absolute atomic E-state index is 14.9. The van der Waals surface area contributed by atoms with Crippen LogP contribution in [0, 0.1) is 12.7 Å². The Balaban J connectivity index is 1.88. The van der Waals surface area contributed by atoms with Crippen LogP contribution in [0.15, 0.2) is 60.7 Å². The van der Waals surface area contributed by atoms with E-state index >= 15 is 0 Å². The summed E-state index contributed by atoms with van der Waals surface area (Å²) in [4.78, 5) is 29.4. The molecule has 1 atom stereocenters. The van der Waals surface area contributed by atoms with E-state index in [9.17, 15) is 14.0 Å². The molecule has 0 saturated carbocycles. The van der Waals surface area contributed by atoms with Crippen LogP contribution in [-0.2, 0) is 16.1 Å². The van der Waals surface area contributed by atoms with Gasteiger partial charge < -0.3 is 14.8 Å². The molecule has 0 bridgehead atoms. The molecule has 0 radical (unpaired) electrons. The second-order valence-electron chi connectivity index (χ2n) is 10.4. The lowest BCUT2D eigenvalue weighted by molar-refractivity contribution is -0.128. The highest BCUT2D eigenvalue weighted by Gasteiger charge is 2.35. The molecule has 0 aliphatic carbocycles. The molecule has 0 spiro atoms. The van der Waals surface area contributed by atoms with Crippen molar-refractivity contribution in [2.75, 3.05) is 18.6 Å². The summed E-state index contributed by atoms with van der Waals surface area (Å²) in [5, 5.41) is 11.3. The van der Waals surface area contributed by atoms with Crippen molar-refractivity contribution in [1.29, 1.82) is 0 Å². The topological polar surface area (TPSA) is 98.6 Å². The Morgan fingerprint density at radius 1 is 1.07 bits per heavy atom. The number of nitrogens with zero attached hydrogens (tertiary/aromatic N) is 4. The van der Waals surface area contributed by atoms with E-state index in [1.165, 1.54) is 22.8 Å². The number of para-hydroxylation sites is 1. The van der Waals surface area contributed by atoms with Crippen LogP contribution in [0.1, 0.15) is 44.9 Å². The lowest BCUT2D eigenvalue weighted by atomic mass is 9.99. The predicted molar refractivity (Wildman–Crippen MR) is 151 cm³/mol. The molecule has 0 saturated heterocycles. The normalized spacial score (nSPS) is 12.2. The second kappa shape index (κ2) is 11.7. The third-order valence-electron chi connectivity index (χ3n) is 6.22. The number of benzene rings is 3. The molecule has 3 aromatic carbocycles. The first kappa shape index (κ1) is 28.5. The van der Waals surface area contributed by atoms with Gasteiger partial charge in [-0.15, -0.1) is 5.10 Å². The smallest absolute Gasteiger partial charge is 0.249 e. The monoisotopic (exact) mass is 547 g/mol. The van der Waals surface area contributed by atoms with Crippen molar-refractivity contribution in [2.24, 2.45) is 0 Å². The highest BCUT2D eigenvalue weighted by atomic mass is 19.1. The van der Waals surface area contributed by atoms with E-state index < -0.39 is 29.2 Å². The Kier molecular flexibility index (Phi) is 8.37. The van der Waals surface area contributed by atoms with Gasteiger partial charge in [-0.3, -0.25) is 14.5 Å². The summed E-state index contributed by atoms with van der Waals surface area (Å²) in [5.74, 6) is -0.534. The number of fused-ring (bicyclic) bond motifs is 1. The summed E-state index contributed by atoms with van der Waals surface area (Å²) in [5.41, 5.74) is 1.77. The van der Waals surface area contributed by atoms with E-state index in [0.717, 1.165) is 0 Å². The fourth-order valence-corrected chi connectivity index (χ4v) is 4.39. The maximum atomic E-state index is 14.9. The van der Waals surface area contributed by atoms with E-state index in [1.807, 2.05) is 39.8 Å². The fourth-order valence-electron chi connectivity index (χ4n) is 4.39. The third kappa shape index (κ3) is 6.22. The Morgan fingerprint density at radius 3 is 2.50 bits per heavy atom. The van der Waals surface area contributed by atoms with Crippen LogP contribution in [0.5, 0.6) is 11.5 Å². The molecule has 10 heteroatoms. The highest BCUT2D eigenvalue weighted by Crippen LogP contribution is 2.35. The number of hydrogen-bond donors (Lipinski definition) is 1.